The van der Waals surface area contributed by atoms with Crippen LogP contribution in [0.4, 0.5) is 0 Å². The van der Waals surface area contributed by atoms with Gasteiger partial charge in [-0.2, -0.15) is 0 Å². The van der Waals surface area contributed by atoms with E-state index in [-0.39, 0.29) is 5.91 Å². The van der Waals surface area contributed by atoms with Crippen LogP contribution in [0.15, 0.2) is 0 Å². The number of carbonyl (C=O) groups is 1. The number of aliphatic hydroxyl groups is 1. The Morgan fingerprint density at radius 1 is 1.46 bits per heavy atom. The van der Waals surface area contributed by atoms with E-state index in [1.54, 1.807) is 0 Å². The van der Waals surface area contributed by atoms with Crippen LogP contribution in [0.3, 0.4) is 0 Å². The highest BCUT2D eigenvalue weighted by molar-refractivity contribution is 5.79. The lowest BCUT2D eigenvalue weighted by atomic mass is 10.2. The molecule has 2 aliphatic rings. The SMILES string of the molecule is CN1CCC(N2CC(O)CC2=O)C1. The summed E-state index contributed by atoms with van der Waals surface area (Å²) >= 11 is 0. The van der Waals surface area contributed by atoms with Crippen LogP contribution in [0.5, 0.6) is 0 Å². The van der Waals surface area contributed by atoms with Crippen molar-refractivity contribution in [3.8, 4) is 0 Å². The third-order valence-corrected chi connectivity index (χ3v) is 2.95. The lowest BCUT2D eigenvalue weighted by Gasteiger charge is -2.23. The van der Waals surface area contributed by atoms with Crippen molar-refractivity contribution in [2.45, 2.75) is 25.0 Å². The Morgan fingerprint density at radius 2 is 2.23 bits per heavy atom. The third kappa shape index (κ3) is 1.69. The van der Waals surface area contributed by atoms with Gasteiger partial charge in [0.2, 0.25) is 5.91 Å². The van der Waals surface area contributed by atoms with E-state index in [1.807, 2.05) is 4.90 Å². The summed E-state index contributed by atoms with van der Waals surface area (Å²) in [6.07, 6.45) is 0.938. The number of likely N-dealkylation sites (N-methyl/N-ethyl adjacent to an activating group) is 1. The number of β-amino-alcohol motifs (C(OH)–C–C–N with tert-alkyl or cyclic N) is 1. The molecule has 0 spiro atoms. The molecule has 0 aromatic heterocycles. The molecule has 74 valence electrons. The molecule has 1 amide bonds. The smallest absolute Gasteiger partial charge is 0.225 e. The van der Waals surface area contributed by atoms with Crippen molar-refractivity contribution in [2.75, 3.05) is 26.7 Å². The highest BCUT2D eigenvalue weighted by Crippen LogP contribution is 2.20. The third-order valence-electron chi connectivity index (χ3n) is 2.95. The Hall–Kier alpha value is -0.610. The van der Waals surface area contributed by atoms with Crippen LogP contribution in [-0.4, -0.2) is 59.6 Å². The molecule has 0 bridgehead atoms. The summed E-state index contributed by atoms with van der Waals surface area (Å²) < 4.78 is 0. The zero-order chi connectivity index (χ0) is 9.42. The van der Waals surface area contributed by atoms with Crippen molar-refractivity contribution >= 4 is 5.91 Å². The molecule has 13 heavy (non-hydrogen) atoms. The van der Waals surface area contributed by atoms with Crippen molar-refractivity contribution in [3.63, 3.8) is 0 Å². The number of hydrogen-bond donors (Lipinski definition) is 1. The molecule has 2 fully saturated rings. The van der Waals surface area contributed by atoms with E-state index in [2.05, 4.69) is 11.9 Å². The van der Waals surface area contributed by atoms with E-state index in [9.17, 15) is 9.90 Å². The fourth-order valence-corrected chi connectivity index (χ4v) is 2.23. The fraction of sp³-hybridized carbons (Fsp3) is 0.889. The molecular weight excluding hydrogens is 168 g/mol. The Bertz CT molecular complexity index is 220. The zero-order valence-corrected chi connectivity index (χ0v) is 7.94. The monoisotopic (exact) mass is 184 g/mol. The molecule has 1 N–H and O–H groups in total. The zero-order valence-electron chi connectivity index (χ0n) is 7.94. The molecule has 0 radical (unpaired) electrons. The lowest BCUT2D eigenvalue weighted by molar-refractivity contribution is -0.129. The molecule has 4 nitrogen and oxygen atoms in total. The number of likely N-dealkylation sites (tertiary alicyclic amines) is 2. The summed E-state index contributed by atoms with van der Waals surface area (Å²) in [4.78, 5) is 15.5. The summed E-state index contributed by atoms with van der Waals surface area (Å²) in [7, 11) is 2.07. The summed E-state index contributed by atoms with van der Waals surface area (Å²) in [5, 5.41) is 9.32. The first-order valence-corrected chi connectivity index (χ1v) is 4.83. The maximum Gasteiger partial charge on any atom is 0.225 e. The molecule has 2 aliphatic heterocycles. The van der Waals surface area contributed by atoms with E-state index >= 15 is 0 Å². The van der Waals surface area contributed by atoms with E-state index in [4.69, 9.17) is 0 Å². The average molecular weight is 184 g/mol. The topological polar surface area (TPSA) is 43.8 Å². The Labute approximate surface area is 78.1 Å². The van der Waals surface area contributed by atoms with Gasteiger partial charge in [0, 0.05) is 19.1 Å². The first-order valence-electron chi connectivity index (χ1n) is 4.83. The van der Waals surface area contributed by atoms with Crippen LogP contribution < -0.4 is 0 Å². The van der Waals surface area contributed by atoms with Crippen LogP contribution in [-0.2, 0) is 4.79 Å². The summed E-state index contributed by atoms with van der Waals surface area (Å²) in [6, 6.07) is 0.342. The van der Waals surface area contributed by atoms with Crippen molar-refractivity contribution in [1.82, 2.24) is 9.80 Å². The second-order valence-corrected chi connectivity index (χ2v) is 4.11. The van der Waals surface area contributed by atoms with Crippen molar-refractivity contribution < 1.29 is 9.90 Å². The van der Waals surface area contributed by atoms with Gasteiger partial charge in [0.15, 0.2) is 0 Å². The molecule has 4 heteroatoms. The highest BCUT2D eigenvalue weighted by atomic mass is 16.3. The molecule has 2 atom stereocenters. The molecule has 0 aromatic rings. The number of nitrogens with zero attached hydrogens (tertiary/aromatic N) is 2. The normalized spacial score (nSPS) is 36.2. The standard InChI is InChI=1S/C9H16N2O2/c1-10-3-2-7(5-10)11-6-8(12)4-9(11)13/h7-8,12H,2-6H2,1H3. The van der Waals surface area contributed by atoms with Gasteiger partial charge in [-0.1, -0.05) is 0 Å². The minimum absolute atomic E-state index is 0.118. The molecule has 2 heterocycles. The molecule has 2 rings (SSSR count). The van der Waals surface area contributed by atoms with Gasteiger partial charge in [0.25, 0.3) is 0 Å². The summed E-state index contributed by atoms with van der Waals surface area (Å²) in [5.41, 5.74) is 0. The second-order valence-electron chi connectivity index (χ2n) is 4.11. The Morgan fingerprint density at radius 3 is 2.69 bits per heavy atom. The molecule has 0 aromatic carbocycles. The van der Waals surface area contributed by atoms with Crippen LogP contribution in [0.25, 0.3) is 0 Å². The first kappa shape index (κ1) is 8.97. The molecule has 0 saturated carbocycles. The van der Waals surface area contributed by atoms with Gasteiger partial charge in [-0.25, -0.2) is 0 Å². The maximum absolute atomic E-state index is 11.4. The van der Waals surface area contributed by atoms with Gasteiger partial charge in [0.1, 0.15) is 0 Å². The number of hydrogen-bond acceptors (Lipinski definition) is 3. The highest BCUT2D eigenvalue weighted by Gasteiger charge is 2.35. The average Bonchev–Trinajstić information content (AvgIpc) is 2.58. The maximum atomic E-state index is 11.4. The fourth-order valence-electron chi connectivity index (χ4n) is 2.23. The second kappa shape index (κ2) is 3.27. The van der Waals surface area contributed by atoms with Crippen LogP contribution in [0, 0.1) is 0 Å². The van der Waals surface area contributed by atoms with Gasteiger partial charge >= 0.3 is 0 Å². The first-order chi connectivity index (χ1) is 6.16. The number of amides is 1. The van der Waals surface area contributed by atoms with Crippen LogP contribution in [0.1, 0.15) is 12.8 Å². The van der Waals surface area contributed by atoms with Gasteiger partial charge < -0.3 is 14.9 Å². The van der Waals surface area contributed by atoms with Crippen molar-refractivity contribution in [3.05, 3.63) is 0 Å². The van der Waals surface area contributed by atoms with E-state index in [1.165, 1.54) is 0 Å². The number of rotatable bonds is 1. The van der Waals surface area contributed by atoms with Crippen molar-refractivity contribution in [1.29, 1.82) is 0 Å². The van der Waals surface area contributed by atoms with E-state index < -0.39 is 6.10 Å². The minimum atomic E-state index is -0.432. The van der Waals surface area contributed by atoms with Crippen LogP contribution in [0.2, 0.25) is 0 Å². The largest absolute Gasteiger partial charge is 0.391 e. The predicted octanol–water partition coefficient (Wildman–Crippen LogP) is -0.716. The molecule has 2 unspecified atom stereocenters. The van der Waals surface area contributed by atoms with E-state index in [0.717, 1.165) is 19.5 Å². The van der Waals surface area contributed by atoms with Gasteiger partial charge in [-0.15, -0.1) is 0 Å². The number of carbonyl (C=O) groups excluding carboxylic acids is 1. The number of aliphatic hydroxyl groups excluding tert-OH is 1. The Balaban J connectivity index is 1.97. The van der Waals surface area contributed by atoms with Gasteiger partial charge in [0.05, 0.1) is 12.5 Å². The molecule has 2 saturated heterocycles. The summed E-state index contributed by atoms with van der Waals surface area (Å²) in [5.74, 6) is 0.118. The lowest BCUT2D eigenvalue weighted by Crippen LogP contribution is -2.38. The quantitative estimate of drug-likeness (QED) is 0.585. The Kier molecular flexibility index (Phi) is 2.26. The van der Waals surface area contributed by atoms with Crippen LogP contribution >= 0.6 is 0 Å². The van der Waals surface area contributed by atoms with Crippen molar-refractivity contribution in [2.24, 2.45) is 0 Å². The summed E-state index contributed by atoms with van der Waals surface area (Å²) in [6.45, 7) is 2.56. The van der Waals surface area contributed by atoms with Gasteiger partial charge in [-0.05, 0) is 20.0 Å². The molecular formula is C9H16N2O2. The predicted molar refractivity (Wildman–Crippen MR) is 48.2 cm³/mol. The van der Waals surface area contributed by atoms with Gasteiger partial charge in [-0.3, -0.25) is 4.79 Å². The minimum Gasteiger partial charge on any atom is -0.391 e. The van der Waals surface area contributed by atoms with E-state index in [0.29, 0.717) is 19.0 Å². The molecule has 0 aliphatic carbocycles.